The lowest BCUT2D eigenvalue weighted by molar-refractivity contribution is 0.0929. The number of aryl methyl sites for hydroxylation is 1. The van der Waals surface area contributed by atoms with Crippen molar-refractivity contribution in [2.24, 2.45) is 0 Å². The van der Waals surface area contributed by atoms with Crippen molar-refractivity contribution < 1.29 is 9.18 Å². The first kappa shape index (κ1) is 13.3. The normalized spacial score (nSPS) is 16.6. The number of piperidine rings is 1. The van der Waals surface area contributed by atoms with Crippen LogP contribution in [0.3, 0.4) is 0 Å². The summed E-state index contributed by atoms with van der Waals surface area (Å²) in [6.45, 7) is 3.40. The molecule has 1 saturated heterocycles. The van der Waals surface area contributed by atoms with E-state index in [1.807, 2.05) is 0 Å². The zero-order chi connectivity index (χ0) is 13.1. The monoisotopic (exact) mass is 270 g/mol. The number of hydrogen-bond donors (Lipinski definition) is 2. The van der Waals surface area contributed by atoms with Crippen LogP contribution in [0.2, 0.25) is 5.02 Å². The summed E-state index contributed by atoms with van der Waals surface area (Å²) in [4.78, 5) is 12.0. The summed E-state index contributed by atoms with van der Waals surface area (Å²) in [7, 11) is 0. The van der Waals surface area contributed by atoms with Crippen LogP contribution < -0.4 is 10.6 Å². The summed E-state index contributed by atoms with van der Waals surface area (Å²) in [5, 5.41) is 6.40. The Morgan fingerprint density at radius 2 is 2.11 bits per heavy atom. The van der Waals surface area contributed by atoms with Gasteiger partial charge in [0.2, 0.25) is 0 Å². The summed E-state index contributed by atoms with van der Waals surface area (Å²) < 4.78 is 13.4. The van der Waals surface area contributed by atoms with Crippen LogP contribution in [-0.2, 0) is 0 Å². The fourth-order valence-electron chi connectivity index (χ4n) is 2.05. The molecule has 1 aliphatic rings. The van der Waals surface area contributed by atoms with Gasteiger partial charge in [-0.15, -0.1) is 0 Å². The number of nitrogens with one attached hydrogen (secondary N) is 2. The van der Waals surface area contributed by atoms with E-state index in [1.54, 1.807) is 6.92 Å². The molecule has 18 heavy (non-hydrogen) atoms. The fraction of sp³-hybridized carbons (Fsp3) is 0.462. The van der Waals surface area contributed by atoms with Crippen LogP contribution in [0.25, 0.3) is 0 Å². The van der Waals surface area contributed by atoms with Crippen molar-refractivity contribution in [1.82, 2.24) is 10.6 Å². The van der Waals surface area contributed by atoms with E-state index >= 15 is 0 Å². The van der Waals surface area contributed by atoms with Crippen LogP contribution in [0.4, 0.5) is 4.39 Å². The first-order chi connectivity index (χ1) is 8.58. The fourth-order valence-corrected chi connectivity index (χ4v) is 2.35. The molecular weight excluding hydrogens is 255 g/mol. The van der Waals surface area contributed by atoms with Gasteiger partial charge in [0, 0.05) is 6.04 Å². The number of halogens is 2. The van der Waals surface area contributed by atoms with E-state index in [9.17, 15) is 9.18 Å². The number of amides is 1. The Morgan fingerprint density at radius 1 is 1.44 bits per heavy atom. The van der Waals surface area contributed by atoms with E-state index in [-0.39, 0.29) is 17.5 Å². The Bertz CT molecular complexity index is 459. The van der Waals surface area contributed by atoms with Crippen LogP contribution in [0.15, 0.2) is 12.1 Å². The number of benzene rings is 1. The van der Waals surface area contributed by atoms with Gasteiger partial charge in [-0.3, -0.25) is 4.79 Å². The third-order valence-electron chi connectivity index (χ3n) is 3.17. The molecule has 0 aromatic heterocycles. The Morgan fingerprint density at radius 3 is 2.78 bits per heavy atom. The van der Waals surface area contributed by atoms with Crippen molar-refractivity contribution in [3.63, 3.8) is 0 Å². The molecule has 1 fully saturated rings. The molecule has 1 amide bonds. The van der Waals surface area contributed by atoms with Crippen LogP contribution in [0.1, 0.15) is 28.8 Å². The smallest absolute Gasteiger partial charge is 0.253 e. The quantitative estimate of drug-likeness (QED) is 0.866. The second-order valence-corrected chi connectivity index (χ2v) is 4.99. The maximum atomic E-state index is 13.4. The maximum Gasteiger partial charge on any atom is 0.253 e. The number of carbonyl (C=O) groups is 1. The minimum absolute atomic E-state index is 0.138. The predicted octanol–water partition coefficient (Wildman–Crippen LogP) is 2.27. The predicted molar refractivity (Wildman–Crippen MR) is 69.5 cm³/mol. The average Bonchev–Trinajstić information content (AvgIpc) is 2.35. The van der Waals surface area contributed by atoms with Crippen LogP contribution in [-0.4, -0.2) is 25.0 Å². The lowest BCUT2D eigenvalue weighted by atomic mass is 10.1. The minimum atomic E-state index is -0.408. The zero-order valence-electron chi connectivity index (χ0n) is 10.2. The molecular formula is C13H16ClFN2O. The summed E-state index contributed by atoms with van der Waals surface area (Å²) in [5.41, 5.74) is 0.650. The molecule has 1 aliphatic heterocycles. The molecule has 98 valence electrons. The van der Waals surface area contributed by atoms with E-state index in [4.69, 9.17) is 11.6 Å². The van der Waals surface area contributed by atoms with Crippen LogP contribution in [0.5, 0.6) is 0 Å². The van der Waals surface area contributed by atoms with Crippen molar-refractivity contribution >= 4 is 17.5 Å². The molecule has 0 aliphatic carbocycles. The SMILES string of the molecule is Cc1cc(Cl)c(C(=O)NC2CCNCC2)cc1F. The Hall–Kier alpha value is -1.13. The van der Waals surface area contributed by atoms with Crippen LogP contribution in [0, 0.1) is 12.7 Å². The summed E-state index contributed by atoms with van der Waals surface area (Å²) in [6, 6.07) is 2.82. The molecule has 0 saturated carbocycles. The average molecular weight is 271 g/mol. The summed E-state index contributed by atoms with van der Waals surface area (Å²) in [5.74, 6) is -0.708. The van der Waals surface area contributed by atoms with E-state index in [1.165, 1.54) is 12.1 Å². The molecule has 5 heteroatoms. The van der Waals surface area contributed by atoms with E-state index in [0.717, 1.165) is 25.9 Å². The molecule has 3 nitrogen and oxygen atoms in total. The van der Waals surface area contributed by atoms with Gasteiger partial charge >= 0.3 is 0 Å². The Balaban J connectivity index is 2.10. The lowest BCUT2D eigenvalue weighted by Gasteiger charge is -2.23. The molecule has 2 N–H and O–H groups in total. The van der Waals surface area contributed by atoms with Crippen molar-refractivity contribution in [2.45, 2.75) is 25.8 Å². The molecule has 0 unspecified atom stereocenters. The molecule has 1 aromatic rings. The van der Waals surface area contributed by atoms with Gasteiger partial charge in [-0.1, -0.05) is 11.6 Å². The molecule has 1 aromatic carbocycles. The second-order valence-electron chi connectivity index (χ2n) is 4.58. The maximum absolute atomic E-state index is 13.4. The standard InChI is InChI=1S/C13H16ClFN2O/c1-8-6-11(14)10(7-12(8)15)13(18)17-9-2-4-16-5-3-9/h6-7,9,16H,2-5H2,1H3,(H,17,18). The largest absolute Gasteiger partial charge is 0.349 e. The highest BCUT2D eigenvalue weighted by Crippen LogP contribution is 2.20. The van der Waals surface area contributed by atoms with Gasteiger partial charge in [0.15, 0.2) is 0 Å². The van der Waals surface area contributed by atoms with Gasteiger partial charge in [-0.25, -0.2) is 4.39 Å². The Labute approximate surface area is 111 Å². The molecule has 0 atom stereocenters. The van der Waals surface area contributed by atoms with E-state index in [2.05, 4.69) is 10.6 Å². The van der Waals surface area contributed by atoms with Crippen LogP contribution >= 0.6 is 11.6 Å². The highest BCUT2D eigenvalue weighted by atomic mass is 35.5. The zero-order valence-corrected chi connectivity index (χ0v) is 11.0. The highest BCUT2D eigenvalue weighted by Gasteiger charge is 2.19. The molecule has 1 heterocycles. The number of carbonyl (C=O) groups excluding carboxylic acids is 1. The van der Waals surface area contributed by atoms with Gasteiger partial charge in [-0.2, -0.15) is 0 Å². The topological polar surface area (TPSA) is 41.1 Å². The third-order valence-corrected chi connectivity index (χ3v) is 3.48. The van der Waals surface area contributed by atoms with Crippen molar-refractivity contribution in [2.75, 3.05) is 13.1 Å². The van der Waals surface area contributed by atoms with Gasteiger partial charge in [-0.05, 0) is 50.6 Å². The molecule has 2 rings (SSSR count). The summed E-state index contributed by atoms with van der Waals surface area (Å²) in [6.07, 6.45) is 1.77. The third kappa shape index (κ3) is 3.00. The highest BCUT2D eigenvalue weighted by molar-refractivity contribution is 6.33. The van der Waals surface area contributed by atoms with E-state index < -0.39 is 5.82 Å². The summed E-state index contributed by atoms with van der Waals surface area (Å²) >= 11 is 5.97. The minimum Gasteiger partial charge on any atom is -0.349 e. The first-order valence-corrected chi connectivity index (χ1v) is 6.43. The lowest BCUT2D eigenvalue weighted by Crippen LogP contribution is -2.42. The van der Waals surface area contributed by atoms with Gasteiger partial charge in [0.25, 0.3) is 5.91 Å². The molecule has 0 radical (unpaired) electrons. The van der Waals surface area contributed by atoms with Crippen molar-refractivity contribution in [1.29, 1.82) is 0 Å². The van der Waals surface area contributed by atoms with Gasteiger partial charge < -0.3 is 10.6 Å². The molecule has 0 spiro atoms. The number of rotatable bonds is 2. The van der Waals surface area contributed by atoms with E-state index in [0.29, 0.717) is 10.6 Å². The molecule has 0 bridgehead atoms. The van der Waals surface area contributed by atoms with Gasteiger partial charge in [0.1, 0.15) is 5.82 Å². The van der Waals surface area contributed by atoms with Crippen molar-refractivity contribution in [3.8, 4) is 0 Å². The number of hydrogen-bond acceptors (Lipinski definition) is 2. The van der Waals surface area contributed by atoms with Crippen molar-refractivity contribution in [3.05, 3.63) is 34.1 Å². The Kier molecular flexibility index (Phi) is 4.19. The second kappa shape index (κ2) is 5.67. The first-order valence-electron chi connectivity index (χ1n) is 6.05. The van der Waals surface area contributed by atoms with Gasteiger partial charge in [0.05, 0.1) is 10.6 Å².